The number of halogens is 2. The number of hydrogen-bond donors (Lipinski definition) is 2. The standard InChI is InChI=1S/C22H38Br2N2O2/c1-3-5-7-9-11-13-15-27-21-17(23)19(25)20(26)18(24)22(21)28-16-14-12-10-8-6-4-2/h3-16,25-26H2,1-2H3. The van der Waals surface area contributed by atoms with Crippen LogP contribution in [0.1, 0.15) is 90.9 Å². The molecular formula is C22H38Br2N2O2. The fourth-order valence-electron chi connectivity index (χ4n) is 3.05. The highest BCUT2D eigenvalue weighted by atomic mass is 79.9. The van der Waals surface area contributed by atoms with Gasteiger partial charge in [-0.2, -0.15) is 0 Å². The molecule has 1 aromatic carbocycles. The number of rotatable bonds is 16. The lowest BCUT2D eigenvalue weighted by molar-refractivity contribution is 0.256. The molecule has 4 N–H and O–H groups in total. The first-order valence-corrected chi connectivity index (χ1v) is 12.4. The fraction of sp³-hybridized carbons (Fsp3) is 0.727. The number of anilines is 2. The molecule has 0 unspecified atom stereocenters. The van der Waals surface area contributed by atoms with Crippen molar-refractivity contribution in [1.29, 1.82) is 0 Å². The average molecular weight is 522 g/mol. The van der Waals surface area contributed by atoms with Crippen LogP contribution in [-0.2, 0) is 0 Å². The van der Waals surface area contributed by atoms with Gasteiger partial charge in [-0.25, -0.2) is 0 Å². The van der Waals surface area contributed by atoms with Crippen molar-refractivity contribution in [2.45, 2.75) is 90.9 Å². The van der Waals surface area contributed by atoms with E-state index in [9.17, 15) is 0 Å². The molecular weight excluding hydrogens is 484 g/mol. The smallest absolute Gasteiger partial charge is 0.178 e. The third-order valence-electron chi connectivity index (χ3n) is 4.86. The van der Waals surface area contributed by atoms with E-state index in [1.54, 1.807) is 0 Å². The molecule has 0 bridgehead atoms. The predicted molar refractivity (Wildman–Crippen MR) is 128 cm³/mol. The van der Waals surface area contributed by atoms with Gasteiger partial charge < -0.3 is 20.9 Å². The molecule has 6 heteroatoms. The number of ether oxygens (including phenoxy) is 2. The van der Waals surface area contributed by atoms with E-state index in [1.807, 2.05) is 0 Å². The van der Waals surface area contributed by atoms with Crippen LogP contribution in [0.25, 0.3) is 0 Å². The Hall–Kier alpha value is -0.620. The largest absolute Gasteiger partial charge is 0.488 e. The molecule has 1 aromatic rings. The summed E-state index contributed by atoms with van der Waals surface area (Å²) < 4.78 is 13.5. The van der Waals surface area contributed by atoms with Gasteiger partial charge in [0.2, 0.25) is 0 Å². The van der Waals surface area contributed by atoms with Gasteiger partial charge in [0.25, 0.3) is 0 Å². The molecule has 0 aliphatic heterocycles. The van der Waals surface area contributed by atoms with Gasteiger partial charge >= 0.3 is 0 Å². The Morgan fingerprint density at radius 2 is 0.893 bits per heavy atom. The summed E-state index contributed by atoms with van der Waals surface area (Å²) in [5.41, 5.74) is 13.2. The van der Waals surface area contributed by atoms with Crippen molar-refractivity contribution in [1.82, 2.24) is 0 Å². The lowest BCUT2D eigenvalue weighted by Crippen LogP contribution is -2.07. The van der Waals surface area contributed by atoms with Crippen molar-refractivity contribution >= 4 is 43.2 Å². The topological polar surface area (TPSA) is 70.5 Å². The van der Waals surface area contributed by atoms with Crippen molar-refractivity contribution in [2.75, 3.05) is 24.7 Å². The minimum Gasteiger partial charge on any atom is -0.488 e. The zero-order chi connectivity index (χ0) is 20.8. The fourth-order valence-corrected chi connectivity index (χ4v) is 4.07. The van der Waals surface area contributed by atoms with E-state index < -0.39 is 0 Å². The van der Waals surface area contributed by atoms with Crippen LogP contribution in [0, 0.1) is 0 Å². The van der Waals surface area contributed by atoms with Crippen molar-refractivity contribution in [3.05, 3.63) is 8.95 Å². The molecule has 1 rings (SSSR count). The van der Waals surface area contributed by atoms with E-state index in [0.717, 1.165) is 12.8 Å². The lowest BCUT2D eigenvalue weighted by atomic mass is 10.1. The minimum atomic E-state index is 0.483. The van der Waals surface area contributed by atoms with Crippen LogP contribution in [0.3, 0.4) is 0 Å². The quantitative estimate of drug-likeness (QED) is 0.171. The summed E-state index contributed by atoms with van der Waals surface area (Å²) in [4.78, 5) is 0. The van der Waals surface area contributed by atoms with Crippen LogP contribution in [0.15, 0.2) is 8.95 Å². The second-order valence-corrected chi connectivity index (χ2v) is 8.93. The van der Waals surface area contributed by atoms with Crippen molar-refractivity contribution in [3.8, 4) is 11.5 Å². The average Bonchev–Trinajstić information content (AvgIpc) is 2.70. The summed E-state index contributed by atoms with van der Waals surface area (Å²) in [5.74, 6) is 1.30. The van der Waals surface area contributed by atoms with Crippen LogP contribution >= 0.6 is 31.9 Å². The molecule has 0 amide bonds. The molecule has 0 aliphatic rings. The monoisotopic (exact) mass is 520 g/mol. The summed E-state index contributed by atoms with van der Waals surface area (Å²) >= 11 is 7.08. The maximum Gasteiger partial charge on any atom is 0.178 e. The molecule has 0 spiro atoms. The first kappa shape index (κ1) is 25.4. The van der Waals surface area contributed by atoms with Gasteiger partial charge in [0, 0.05) is 0 Å². The maximum atomic E-state index is 6.12. The van der Waals surface area contributed by atoms with Crippen LogP contribution in [0.5, 0.6) is 11.5 Å². The van der Waals surface area contributed by atoms with E-state index in [-0.39, 0.29) is 0 Å². The number of nitrogen functional groups attached to an aromatic ring is 2. The second-order valence-electron chi connectivity index (χ2n) is 7.35. The molecule has 0 heterocycles. The third-order valence-corrected chi connectivity index (χ3v) is 6.43. The van der Waals surface area contributed by atoms with E-state index in [4.69, 9.17) is 20.9 Å². The Labute approximate surface area is 188 Å². The Bertz CT molecular complexity index is 519. The predicted octanol–water partition coefficient (Wildman–Crippen LogP) is 7.85. The Kier molecular flexibility index (Phi) is 13.8. The van der Waals surface area contributed by atoms with Gasteiger partial charge in [-0.1, -0.05) is 78.1 Å². The van der Waals surface area contributed by atoms with Gasteiger partial charge in [-0.3, -0.25) is 0 Å². The van der Waals surface area contributed by atoms with Gasteiger partial charge in [-0.05, 0) is 44.7 Å². The highest BCUT2D eigenvalue weighted by Crippen LogP contribution is 2.49. The number of hydrogen-bond acceptors (Lipinski definition) is 4. The van der Waals surface area contributed by atoms with Gasteiger partial charge in [0.1, 0.15) is 0 Å². The van der Waals surface area contributed by atoms with Crippen LogP contribution in [0.4, 0.5) is 11.4 Å². The number of unbranched alkanes of at least 4 members (excludes halogenated alkanes) is 10. The summed E-state index contributed by atoms with van der Waals surface area (Å²) in [5, 5.41) is 0. The van der Waals surface area contributed by atoms with Crippen molar-refractivity contribution in [2.24, 2.45) is 0 Å². The molecule has 28 heavy (non-hydrogen) atoms. The molecule has 0 aliphatic carbocycles. The zero-order valence-electron chi connectivity index (χ0n) is 17.6. The summed E-state index contributed by atoms with van der Waals surface area (Å²) in [6, 6.07) is 0. The Balaban J connectivity index is 2.60. The molecule has 0 fully saturated rings. The molecule has 0 radical (unpaired) electrons. The van der Waals surface area contributed by atoms with Crippen LogP contribution < -0.4 is 20.9 Å². The van der Waals surface area contributed by atoms with E-state index in [2.05, 4.69) is 45.7 Å². The molecule has 162 valence electrons. The molecule has 0 atom stereocenters. The highest BCUT2D eigenvalue weighted by Gasteiger charge is 2.21. The Morgan fingerprint density at radius 1 is 0.571 bits per heavy atom. The molecule has 0 saturated heterocycles. The maximum absolute atomic E-state index is 6.12. The highest BCUT2D eigenvalue weighted by molar-refractivity contribution is 9.11. The Morgan fingerprint density at radius 3 is 1.25 bits per heavy atom. The van der Waals surface area contributed by atoms with E-state index >= 15 is 0 Å². The van der Waals surface area contributed by atoms with E-state index in [1.165, 1.54) is 64.2 Å². The van der Waals surface area contributed by atoms with Crippen LogP contribution in [-0.4, -0.2) is 13.2 Å². The molecule has 0 saturated carbocycles. The molecule has 4 nitrogen and oxygen atoms in total. The molecule has 0 aromatic heterocycles. The van der Waals surface area contributed by atoms with Crippen molar-refractivity contribution in [3.63, 3.8) is 0 Å². The summed E-state index contributed by atoms with van der Waals surface area (Å²) in [6.45, 7) is 5.76. The minimum absolute atomic E-state index is 0.483. The number of benzene rings is 1. The van der Waals surface area contributed by atoms with Crippen LogP contribution in [0.2, 0.25) is 0 Å². The summed E-state index contributed by atoms with van der Waals surface area (Å²) in [7, 11) is 0. The lowest BCUT2D eigenvalue weighted by Gasteiger charge is -2.19. The third kappa shape index (κ3) is 8.81. The first-order valence-electron chi connectivity index (χ1n) is 10.9. The number of nitrogens with two attached hydrogens (primary N) is 2. The second kappa shape index (κ2) is 15.3. The SMILES string of the molecule is CCCCCCCCOc1c(Br)c(N)c(N)c(Br)c1OCCCCCCCC. The normalized spacial score (nSPS) is 11.0. The van der Waals surface area contributed by atoms with E-state index in [0.29, 0.717) is 45.0 Å². The van der Waals surface area contributed by atoms with Gasteiger partial charge in [0.05, 0.1) is 33.5 Å². The van der Waals surface area contributed by atoms with Gasteiger partial charge in [-0.15, -0.1) is 0 Å². The van der Waals surface area contributed by atoms with Crippen molar-refractivity contribution < 1.29 is 9.47 Å². The first-order chi connectivity index (χ1) is 13.5. The van der Waals surface area contributed by atoms with Gasteiger partial charge in [0.15, 0.2) is 11.5 Å². The zero-order valence-corrected chi connectivity index (χ0v) is 20.8. The summed E-state index contributed by atoms with van der Waals surface area (Å²) in [6.07, 6.45) is 14.7.